The number of fused-ring (bicyclic) bond motifs is 21. The van der Waals surface area contributed by atoms with E-state index in [9.17, 15) is 0 Å². The predicted octanol–water partition coefficient (Wildman–Crippen LogP) is 28.9. The standard InChI is InChI=1S/C40H24N4.2C39H23N5/c1-2-8-27(9-3-1)36-31-11-4-5-13-35(31)44-40-32(36)20-18-28-19-21-34(43-38(28)40)26-16-14-25(15-17-26)33-24-29-10-6-22-41-37(29)39-30(33)12-7-23-42-39;1-2-8-24(9-3-1)35-29-11-4-5-13-32(29)43-39-30(35)17-14-25-15-19-34(44-37(25)39)33-18-16-27(23-42-33)31-22-26-10-6-20-40-36(26)38-28(31)12-7-21-41-38;1-2-8-24(9-3-1)35-29-11-4-5-13-34(29)44-39-30(35)17-14-25-15-18-32(43-37(25)39)27-16-19-33(42-23-27)31-22-26-10-6-20-40-36(26)38-28(31)12-7-21-41-38/h1-24H;2*1-23H. The van der Waals surface area contributed by atoms with Crippen molar-refractivity contribution >= 4 is 164 Å². The van der Waals surface area contributed by atoms with Crippen LogP contribution in [0.4, 0.5) is 0 Å². The molecule has 0 aliphatic heterocycles. The fourth-order valence-electron chi connectivity index (χ4n) is 19.1. The second-order valence-corrected chi connectivity index (χ2v) is 32.9. The van der Waals surface area contributed by atoms with E-state index < -0.39 is 0 Å². The molecule has 0 atom stereocenters. The first-order chi connectivity index (χ1) is 65.4. The summed E-state index contributed by atoms with van der Waals surface area (Å²) in [5, 5.41) is 16.2. The zero-order valence-electron chi connectivity index (χ0n) is 70.7. The van der Waals surface area contributed by atoms with Crippen molar-refractivity contribution in [2.24, 2.45) is 0 Å². The molecule has 27 rings (SSSR count). The predicted molar refractivity (Wildman–Crippen MR) is 540 cm³/mol. The number of nitrogens with zero attached hydrogens (tertiary/aromatic N) is 14. The zero-order valence-corrected chi connectivity index (χ0v) is 70.7. The summed E-state index contributed by atoms with van der Waals surface area (Å²) in [6.07, 6.45) is 14.7. The van der Waals surface area contributed by atoms with E-state index >= 15 is 0 Å². The number of para-hydroxylation sites is 3. The molecule has 0 aliphatic carbocycles. The lowest BCUT2D eigenvalue weighted by atomic mass is 9.95. The van der Waals surface area contributed by atoms with Crippen LogP contribution >= 0.6 is 0 Å². The van der Waals surface area contributed by atoms with Crippen molar-refractivity contribution in [1.29, 1.82) is 0 Å². The van der Waals surface area contributed by atoms with Crippen LogP contribution in [0.25, 0.3) is 264 Å². The molecule has 14 heterocycles. The number of hydrogen-bond donors (Lipinski definition) is 0. The highest BCUT2D eigenvalue weighted by atomic mass is 14.8. The number of aromatic nitrogens is 14. The van der Waals surface area contributed by atoms with Gasteiger partial charge < -0.3 is 0 Å². The van der Waals surface area contributed by atoms with Crippen molar-refractivity contribution in [1.82, 2.24) is 69.8 Å². The Balaban J connectivity index is 0.000000106. The first-order valence-electron chi connectivity index (χ1n) is 43.9. The van der Waals surface area contributed by atoms with Gasteiger partial charge in [-0.05, 0) is 143 Å². The average Bonchev–Trinajstić information content (AvgIpc) is 0.743. The van der Waals surface area contributed by atoms with Crippen molar-refractivity contribution in [2.45, 2.75) is 0 Å². The molecule has 0 N–H and O–H groups in total. The van der Waals surface area contributed by atoms with Gasteiger partial charge in [-0.2, -0.15) is 0 Å². The van der Waals surface area contributed by atoms with Gasteiger partial charge in [-0.15, -0.1) is 0 Å². The Bertz CT molecular complexity index is 8480. The van der Waals surface area contributed by atoms with Gasteiger partial charge in [-0.3, -0.25) is 39.9 Å². The smallest absolute Gasteiger partial charge is 0.0978 e. The highest BCUT2D eigenvalue weighted by Crippen LogP contribution is 2.45. The molecule has 14 heteroatoms. The van der Waals surface area contributed by atoms with Gasteiger partial charge in [0.25, 0.3) is 0 Å². The van der Waals surface area contributed by atoms with E-state index in [1.54, 1.807) is 0 Å². The SMILES string of the molecule is c1ccc(-c2c3ccccc3nc3c2ccc2ccc(-c4ccc(-c5cc6cccnc6c6ncccc56)cc4)nc23)cc1.c1ccc(-c2c3ccccc3nc3c2ccc2ccc(-c4ccc(-c5cc6cccnc6c6ncccc56)cn4)nc23)cc1.c1ccc(-c2c3ccccc3nc3c2ccc2ccc(-c4ccc(-c5cc6cccnc6c6ncccc56)nc4)nc23)cc1. The van der Waals surface area contributed by atoms with Gasteiger partial charge in [-0.25, -0.2) is 29.9 Å². The summed E-state index contributed by atoms with van der Waals surface area (Å²) in [6.45, 7) is 0. The van der Waals surface area contributed by atoms with Crippen molar-refractivity contribution in [3.63, 3.8) is 0 Å². The summed E-state index contributed by atoms with van der Waals surface area (Å²) < 4.78 is 0. The molecule has 0 saturated heterocycles. The van der Waals surface area contributed by atoms with Crippen LogP contribution in [0.5, 0.6) is 0 Å². The summed E-state index contributed by atoms with van der Waals surface area (Å²) in [7, 11) is 0. The van der Waals surface area contributed by atoms with Crippen LogP contribution in [0, 0.1) is 0 Å². The minimum Gasteiger partial charge on any atom is -0.256 e. The van der Waals surface area contributed by atoms with Crippen LogP contribution < -0.4 is 0 Å². The van der Waals surface area contributed by atoms with Crippen molar-refractivity contribution in [3.8, 4) is 101 Å². The van der Waals surface area contributed by atoms with Crippen LogP contribution in [0.15, 0.2) is 426 Å². The molecule has 0 radical (unpaired) electrons. The first-order valence-corrected chi connectivity index (χ1v) is 43.9. The number of pyridine rings is 14. The molecule has 27 aromatic rings. The Morgan fingerprint density at radius 3 is 0.856 bits per heavy atom. The van der Waals surface area contributed by atoms with Crippen LogP contribution in [0.1, 0.15) is 0 Å². The Kier molecular flexibility index (Phi) is 18.5. The molecule has 0 bridgehead atoms. The molecular formula is C118H70N14. The normalized spacial score (nSPS) is 11.6. The Morgan fingerprint density at radius 1 is 0.136 bits per heavy atom. The molecule has 612 valence electrons. The molecule has 0 aliphatic rings. The zero-order chi connectivity index (χ0) is 87.1. The minimum absolute atomic E-state index is 0.807. The largest absolute Gasteiger partial charge is 0.256 e. The molecule has 0 amide bonds. The molecule has 13 aromatic carbocycles. The van der Waals surface area contributed by atoms with Crippen molar-refractivity contribution in [3.05, 3.63) is 426 Å². The van der Waals surface area contributed by atoms with Gasteiger partial charge in [0.1, 0.15) is 0 Å². The van der Waals surface area contributed by atoms with E-state index in [2.05, 4.69) is 327 Å². The molecule has 0 spiro atoms. The molecule has 14 nitrogen and oxygen atoms in total. The number of benzene rings is 13. The Morgan fingerprint density at radius 2 is 0.439 bits per heavy atom. The lowest BCUT2D eigenvalue weighted by molar-refractivity contribution is 1.28. The minimum atomic E-state index is 0.807. The van der Waals surface area contributed by atoms with Gasteiger partial charge in [-0.1, -0.05) is 267 Å². The summed E-state index contributed by atoms with van der Waals surface area (Å²) in [4.78, 5) is 68.6. The van der Waals surface area contributed by atoms with Crippen LogP contribution in [-0.4, -0.2) is 69.8 Å². The van der Waals surface area contributed by atoms with Crippen molar-refractivity contribution in [2.75, 3.05) is 0 Å². The third-order valence-electron chi connectivity index (χ3n) is 25.3. The summed E-state index contributed by atoms with van der Waals surface area (Å²) in [6, 6.07) is 130. The van der Waals surface area contributed by atoms with E-state index in [0.717, 1.165) is 237 Å². The second kappa shape index (κ2) is 32.1. The van der Waals surface area contributed by atoms with E-state index in [1.807, 2.05) is 128 Å². The fourth-order valence-corrected chi connectivity index (χ4v) is 19.1. The second-order valence-electron chi connectivity index (χ2n) is 32.9. The maximum atomic E-state index is 5.23. The quantitative estimate of drug-likeness (QED) is 0.0983. The maximum absolute atomic E-state index is 5.23. The molecular weight excluding hydrogens is 1610 g/mol. The Labute approximate surface area is 754 Å². The third kappa shape index (κ3) is 13.4. The molecule has 0 fully saturated rings. The van der Waals surface area contributed by atoms with Gasteiger partial charge in [0.15, 0.2) is 0 Å². The molecule has 0 unspecified atom stereocenters. The Hall–Kier alpha value is -18.1. The summed E-state index contributed by atoms with van der Waals surface area (Å²) in [5.74, 6) is 0. The first kappa shape index (κ1) is 76.3. The highest BCUT2D eigenvalue weighted by Gasteiger charge is 2.23. The van der Waals surface area contributed by atoms with Crippen LogP contribution in [-0.2, 0) is 0 Å². The van der Waals surface area contributed by atoms with Crippen LogP contribution in [0.2, 0.25) is 0 Å². The van der Waals surface area contributed by atoms with Crippen LogP contribution in [0.3, 0.4) is 0 Å². The fraction of sp³-hybridized carbons (Fsp3) is 0. The maximum Gasteiger partial charge on any atom is 0.0978 e. The monoisotopic (exact) mass is 1680 g/mol. The lowest BCUT2D eigenvalue weighted by Crippen LogP contribution is -1.94. The number of rotatable bonds is 9. The topological polar surface area (TPSA) is 180 Å². The van der Waals surface area contributed by atoms with E-state index in [4.69, 9.17) is 39.9 Å². The van der Waals surface area contributed by atoms with Gasteiger partial charge in [0.2, 0.25) is 0 Å². The van der Waals surface area contributed by atoms with Crippen molar-refractivity contribution < 1.29 is 0 Å². The lowest BCUT2D eigenvalue weighted by Gasteiger charge is -2.13. The van der Waals surface area contributed by atoms with Gasteiger partial charge in [0.05, 0.1) is 111 Å². The molecule has 0 saturated carbocycles. The molecule has 132 heavy (non-hydrogen) atoms. The molecule has 14 aromatic heterocycles. The highest BCUT2D eigenvalue weighted by molar-refractivity contribution is 6.21. The van der Waals surface area contributed by atoms with E-state index in [-0.39, 0.29) is 0 Å². The summed E-state index contributed by atoms with van der Waals surface area (Å²) >= 11 is 0. The van der Waals surface area contributed by atoms with Gasteiger partial charge in [0, 0.05) is 169 Å². The summed E-state index contributed by atoms with van der Waals surface area (Å²) in [5.41, 5.74) is 32.4. The third-order valence-corrected chi connectivity index (χ3v) is 25.3. The van der Waals surface area contributed by atoms with E-state index in [1.165, 1.54) is 27.8 Å². The van der Waals surface area contributed by atoms with Gasteiger partial charge >= 0.3 is 0 Å². The number of hydrogen-bond acceptors (Lipinski definition) is 14. The average molecular weight is 1680 g/mol. The van der Waals surface area contributed by atoms with E-state index in [0.29, 0.717) is 0 Å².